The molecule has 0 saturated heterocycles. The highest BCUT2D eigenvalue weighted by Crippen LogP contribution is 2.29. The predicted octanol–water partition coefficient (Wildman–Crippen LogP) is 5.35. The summed E-state index contributed by atoms with van der Waals surface area (Å²) in [4.78, 5) is 27.0. The Kier molecular flexibility index (Phi) is 5.54. The van der Waals surface area contributed by atoms with E-state index < -0.39 is 11.0 Å². The third-order valence-electron chi connectivity index (χ3n) is 5.36. The van der Waals surface area contributed by atoms with E-state index in [1.807, 2.05) is 62.4 Å². The highest BCUT2D eigenvalue weighted by Gasteiger charge is 2.26. The van der Waals surface area contributed by atoms with Gasteiger partial charge in [0.05, 0.1) is 10.8 Å². The van der Waals surface area contributed by atoms with E-state index in [9.17, 15) is 9.59 Å². The van der Waals surface area contributed by atoms with Crippen LogP contribution in [0.5, 0.6) is 0 Å². The molecule has 0 unspecified atom stereocenters. The molecule has 4 aromatic rings. The molecule has 3 aromatic carbocycles. The topological polar surface area (TPSA) is 44.0 Å². The highest BCUT2D eigenvalue weighted by atomic mass is 35.5. The van der Waals surface area contributed by atoms with Crippen LogP contribution in [0.3, 0.4) is 0 Å². The number of halogens is 2. The van der Waals surface area contributed by atoms with Gasteiger partial charge in [-0.05, 0) is 48.2 Å². The van der Waals surface area contributed by atoms with Crippen LogP contribution in [0.15, 0.2) is 82.4 Å². The molecule has 0 N–H and O–H groups in total. The summed E-state index contributed by atoms with van der Waals surface area (Å²) in [5, 5.41) is 0.623. The maximum atomic E-state index is 13.5. The zero-order valence-corrected chi connectivity index (χ0v) is 18.1. The van der Waals surface area contributed by atoms with E-state index in [0.29, 0.717) is 10.8 Å². The van der Waals surface area contributed by atoms with Crippen molar-refractivity contribution in [2.75, 3.05) is 0 Å². The summed E-state index contributed by atoms with van der Waals surface area (Å²) < 4.78 is 2.55. The second-order valence-corrected chi connectivity index (χ2v) is 8.06. The van der Waals surface area contributed by atoms with Gasteiger partial charge in [-0.25, -0.2) is 9.36 Å². The number of hydrogen-bond donors (Lipinski definition) is 0. The van der Waals surface area contributed by atoms with E-state index in [0.717, 1.165) is 22.3 Å². The molecule has 1 heterocycles. The second kappa shape index (κ2) is 8.13. The lowest BCUT2D eigenvalue weighted by Crippen LogP contribution is -2.41. The van der Waals surface area contributed by atoms with Gasteiger partial charge in [0.15, 0.2) is 11.0 Å². The van der Waals surface area contributed by atoms with Crippen LogP contribution < -0.4 is 11.1 Å². The molecule has 30 heavy (non-hydrogen) atoms. The first-order chi connectivity index (χ1) is 14.4. The van der Waals surface area contributed by atoms with E-state index >= 15 is 0 Å². The standard InChI is InChI=1S/C24H20Cl2N2O2/c1-15-9-3-5-11-17(15)21(25)27-23(29)19-13-7-8-14-20(19)24(30)28(27)22(26)18-12-6-4-10-16(18)2/h3-14,21-22H,1-2H3/t21-,22-/m1/s1. The van der Waals surface area contributed by atoms with Crippen LogP contribution in [0.25, 0.3) is 10.8 Å². The van der Waals surface area contributed by atoms with Crippen LogP contribution in [0, 0.1) is 13.8 Å². The molecule has 0 amide bonds. The molecule has 1 aromatic heterocycles. The van der Waals surface area contributed by atoms with Crippen molar-refractivity contribution in [3.8, 4) is 0 Å². The molecule has 6 heteroatoms. The molecule has 0 bridgehead atoms. The van der Waals surface area contributed by atoms with E-state index in [2.05, 4.69) is 0 Å². The number of hydrogen-bond acceptors (Lipinski definition) is 2. The van der Waals surface area contributed by atoms with Crippen molar-refractivity contribution in [2.45, 2.75) is 24.8 Å². The van der Waals surface area contributed by atoms with Crippen LogP contribution in [-0.2, 0) is 0 Å². The van der Waals surface area contributed by atoms with Gasteiger partial charge in [-0.1, -0.05) is 83.9 Å². The molecular weight excluding hydrogens is 419 g/mol. The summed E-state index contributed by atoms with van der Waals surface area (Å²) in [6, 6.07) is 21.8. The average molecular weight is 439 g/mol. The minimum absolute atomic E-state index is 0.312. The van der Waals surface area contributed by atoms with Crippen molar-refractivity contribution in [3.63, 3.8) is 0 Å². The maximum Gasteiger partial charge on any atom is 0.275 e. The lowest BCUT2D eigenvalue weighted by Gasteiger charge is -2.25. The minimum atomic E-state index is -0.902. The fourth-order valence-corrected chi connectivity index (χ4v) is 4.55. The van der Waals surface area contributed by atoms with Crippen molar-refractivity contribution in [1.29, 1.82) is 0 Å². The maximum absolute atomic E-state index is 13.5. The molecule has 0 aliphatic rings. The number of alkyl halides is 2. The monoisotopic (exact) mass is 438 g/mol. The number of fused-ring (bicyclic) bond motifs is 1. The second-order valence-electron chi connectivity index (χ2n) is 7.23. The van der Waals surface area contributed by atoms with E-state index in [4.69, 9.17) is 23.2 Å². The van der Waals surface area contributed by atoms with Crippen molar-refractivity contribution in [2.24, 2.45) is 0 Å². The van der Waals surface area contributed by atoms with Gasteiger partial charge in [0.1, 0.15) is 0 Å². The van der Waals surface area contributed by atoms with Gasteiger partial charge in [-0.2, -0.15) is 0 Å². The molecule has 4 nitrogen and oxygen atoms in total. The molecule has 0 aliphatic carbocycles. The first-order valence-electron chi connectivity index (χ1n) is 9.57. The first kappa shape index (κ1) is 20.5. The Morgan fingerprint density at radius 1 is 0.600 bits per heavy atom. The molecule has 152 valence electrons. The third-order valence-corrected chi connectivity index (χ3v) is 6.20. The molecule has 0 radical (unpaired) electrons. The van der Waals surface area contributed by atoms with Crippen molar-refractivity contribution in [1.82, 2.24) is 9.36 Å². The Balaban J connectivity index is 2.08. The highest BCUT2D eigenvalue weighted by molar-refractivity contribution is 6.21. The summed E-state index contributed by atoms with van der Waals surface area (Å²) in [7, 11) is 0. The van der Waals surface area contributed by atoms with Gasteiger partial charge in [0.25, 0.3) is 11.1 Å². The number of rotatable bonds is 4. The average Bonchev–Trinajstić information content (AvgIpc) is 2.76. The Morgan fingerprint density at radius 3 is 1.30 bits per heavy atom. The predicted molar refractivity (Wildman–Crippen MR) is 123 cm³/mol. The Morgan fingerprint density at radius 2 is 0.933 bits per heavy atom. The Bertz CT molecular complexity index is 1250. The lowest BCUT2D eigenvalue weighted by molar-refractivity contribution is 0.448. The van der Waals surface area contributed by atoms with Crippen molar-refractivity contribution < 1.29 is 0 Å². The van der Waals surface area contributed by atoms with Crippen LogP contribution >= 0.6 is 23.2 Å². The van der Waals surface area contributed by atoms with Crippen molar-refractivity contribution in [3.05, 3.63) is 116 Å². The van der Waals surface area contributed by atoms with Gasteiger partial charge in [-0.15, -0.1) is 0 Å². The van der Waals surface area contributed by atoms with Gasteiger partial charge < -0.3 is 0 Å². The molecule has 0 spiro atoms. The number of aromatic nitrogens is 2. The number of aryl methyl sites for hydroxylation is 2. The molecule has 4 rings (SSSR count). The molecule has 0 fully saturated rings. The minimum Gasteiger partial charge on any atom is -0.267 e. The van der Waals surface area contributed by atoms with Crippen LogP contribution in [0.2, 0.25) is 0 Å². The largest absolute Gasteiger partial charge is 0.275 e. The summed E-state index contributed by atoms with van der Waals surface area (Å²) in [6.45, 7) is 3.83. The summed E-state index contributed by atoms with van der Waals surface area (Å²) in [5.74, 6) is 0. The Hall–Kier alpha value is -2.82. The molecule has 0 aliphatic heterocycles. The van der Waals surface area contributed by atoms with Crippen LogP contribution in [0.4, 0.5) is 0 Å². The summed E-state index contributed by atoms with van der Waals surface area (Å²) in [5.41, 5.74) is 0.761. The SMILES string of the molecule is Cc1ccccc1[C@H](Cl)n1c(=O)c2ccccc2c(=O)n1[C@@H](Cl)c1ccccc1C. The summed E-state index contributed by atoms with van der Waals surface area (Å²) in [6.07, 6.45) is 0. The lowest BCUT2D eigenvalue weighted by atomic mass is 10.1. The smallest absolute Gasteiger partial charge is 0.267 e. The normalized spacial score (nSPS) is 13.3. The Labute approximate surface area is 183 Å². The quantitative estimate of drug-likeness (QED) is 0.403. The van der Waals surface area contributed by atoms with E-state index in [1.165, 1.54) is 9.36 Å². The summed E-state index contributed by atoms with van der Waals surface area (Å²) >= 11 is 13.7. The van der Waals surface area contributed by atoms with Gasteiger partial charge >= 0.3 is 0 Å². The first-order valence-corrected chi connectivity index (χ1v) is 10.4. The van der Waals surface area contributed by atoms with E-state index in [-0.39, 0.29) is 11.1 Å². The number of benzene rings is 3. The third kappa shape index (κ3) is 3.36. The van der Waals surface area contributed by atoms with Crippen LogP contribution in [-0.4, -0.2) is 9.36 Å². The van der Waals surface area contributed by atoms with E-state index in [1.54, 1.807) is 24.3 Å². The zero-order valence-electron chi connectivity index (χ0n) is 16.5. The van der Waals surface area contributed by atoms with Gasteiger partial charge in [0.2, 0.25) is 0 Å². The fraction of sp³-hybridized carbons (Fsp3) is 0.167. The van der Waals surface area contributed by atoms with Crippen LogP contribution in [0.1, 0.15) is 33.3 Å². The molecule has 0 saturated carbocycles. The fourth-order valence-electron chi connectivity index (χ4n) is 3.69. The number of nitrogens with zero attached hydrogens (tertiary/aromatic N) is 2. The van der Waals surface area contributed by atoms with Gasteiger partial charge in [-0.3, -0.25) is 9.59 Å². The van der Waals surface area contributed by atoms with Crippen molar-refractivity contribution >= 4 is 34.0 Å². The molecular formula is C24H20Cl2N2O2. The van der Waals surface area contributed by atoms with Gasteiger partial charge in [0, 0.05) is 0 Å². The zero-order chi connectivity index (χ0) is 21.4. The molecule has 2 atom stereocenters.